The number of nitrogens with one attached hydrogen (secondary N) is 2. The van der Waals surface area contributed by atoms with Gasteiger partial charge < -0.3 is 15.4 Å². The molecule has 0 radical (unpaired) electrons. The Labute approximate surface area is 149 Å². The number of rotatable bonds is 9. The molecular formula is C18H20F3N3O2. The summed E-state index contributed by atoms with van der Waals surface area (Å²) in [6, 6.07) is 10.9. The number of aromatic nitrogens is 1. The normalized spacial score (nSPS) is 11.0. The first-order chi connectivity index (χ1) is 12.4. The Kier molecular flexibility index (Phi) is 7.25. The average molecular weight is 367 g/mol. The van der Waals surface area contributed by atoms with Crippen LogP contribution in [0.2, 0.25) is 0 Å². The maximum Gasteiger partial charge on any atom is 0.573 e. The molecule has 0 fully saturated rings. The molecule has 2 N–H and O–H groups in total. The number of alkyl halides is 3. The van der Waals surface area contributed by atoms with E-state index in [1.165, 1.54) is 24.3 Å². The molecule has 8 heteroatoms. The molecule has 0 saturated heterocycles. The van der Waals surface area contributed by atoms with Gasteiger partial charge in [0.15, 0.2) is 0 Å². The third-order valence-electron chi connectivity index (χ3n) is 3.42. The van der Waals surface area contributed by atoms with Gasteiger partial charge in [0.25, 0.3) is 0 Å². The van der Waals surface area contributed by atoms with E-state index < -0.39 is 6.36 Å². The minimum Gasteiger partial charge on any atom is -0.406 e. The highest BCUT2D eigenvalue weighted by Crippen LogP contribution is 2.22. The van der Waals surface area contributed by atoms with Crippen LogP contribution in [0.3, 0.4) is 0 Å². The lowest BCUT2D eigenvalue weighted by molar-refractivity contribution is -0.274. The third kappa shape index (κ3) is 7.87. The van der Waals surface area contributed by atoms with Gasteiger partial charge in [0.05, 0.1) is 6.42 Å². The minimum atomic E-state index is -4.72. The second-order valence-electron chi connectivity index (χ2n) is 5.57. The lowest BCUT2D eigenvalue weighted by Gasteiger charge is -2.09. The standard InChI is InChI=1S/C18H20F3N3O2/c19-18(20,21)26-15-8-6-14(7-9-15)13-17(25)24-12-4-3-11-23-16-5-1-2-10-22-16/h1-2,5-10H,3-4,11-13H2,(H,22,23)(H,24,25). The van der Waals surface area contributed by atoms with Crippen molar-refractivity contribution in [1.82, 2.24) is 10.3 Å². The number of carbonyl (C=O) groups excluding carboxylic acids is 1. The number of halogens is 3. The third-order valence-corrected chi connectivity index (χ3v) is 3.42. The fraction of sp³-hybridized carbons (Fsp3) is 0.333. The molecule has 0 bridgehead atoms. The SMILES string of the molecule is O=C(Cc1ccc(OC(F)(F)F)cc1)NCCCCNc1ccccn1. The second-order valence-corrected chi connectivity index (χ2v) is 5.57. The van der Waals surface area contributed by atoms with E-state index in [1.807, 2.05) is 18.2 Å². The van der Waals surface area contributed by atoms with Crippen LogP contribution in [-0.4, -0.2) is 30.3 Å². The fourth-order valence-corrected chi connectivity index (χ4v) is 2.22. The topological polar surface area (TPSA) is 63.2 Å². The number of hydrogen-bond acceptors (Lipinski definition) is 4. The zero-order valence-electron chi connectivity index (χ0n) is 14.1. The molecule has 140 valence electrons. The Balaban J connectivity index is 1.60. The molecule has 1 heterocycles. The van der Waals surface area contributed by atoms with Gasteiger partial charge in [0.1, 0.15) is 11.6 Å². The summed E-state index contributed by atoms with van der Waals surface area (Å²) < 4.78 is 40.0. The summed E-state index contributed by atoms with van der Waals surface area (Å²) in [5.41, 5.74) is 0.619. The van der Waals surface area contributed by atoms with Crippen molar-refractivity contribution < 1.29 is 22.7 Å². The van der Waals surface area contributed by atoms with E-state index >= 15 is 0 Å². The molecule has 2 rings (SSSR count). The number of carbonyl (C=O) groups is 1. The van der Waals surface area contributed by atoms with E-state index in [0.717, 1.165) is 25.2 Å². The summed E-state index contributed by atoms with van der Waals surface area (Å²) in [6.45, 7) is 1.30. The predicted octanol–water partition coefficient (Wildman–Crippen LogP) is 3.53. The number of hydrogen-bond donors (Lipinski definition) is 2. The first kappa shape index (κ1) is 19.6. The van der Waals surface area contributed by atoms with E-state index in [2.05, 4.69) is 20.4 Å². The van der Waals surface area contributed by atoms with E-state index in [1.54, 1.807) is 6.20 Å². The van der Waals surface area contributed by atoms with Gasteiger partial charge in [-0.3, -0.25) is 4.79 Å². The zero-order chi connectivity index (χ0) is 18.8. The molecule has 0 saturated carbocycles. The van der Waals surface area contributed by atoms with Crippen molar-refractivity contribution in [3.63, 3.8) is 0 Å². The van der Waals surface area contributed by atoms with Crippen molar-refractivity contribution in [2.24, 2.45) is 0 Å². The van der Waals surface area contributed by atoms with Gasteiger partial charge >= 0.3 is 6.36 Å². The maximum absolute atomic E-state index is 12.1. The van der Waals surface area contributed by atoms with Gasteiger partial charge in [-0.25, -0.2) is 4.98 Å². The number of amides is 1. The molecule has 1 aromatic heterocycles. The van der Waals surface area contributed by atoms with Crippen molar-refractivity contribution in [3.8, 4) is 5.75 Å². The van der Waals surface area contributed by atoms with Crippen LogP contribution in [0.25, 0.3) is 0 Å². The Morgan fingerprint density at radius 1 is 1.04 bits per heavy atom. The average Bonchev–Trinajstić information content (AvgIpc) is 2.59. The summed E-state index contributed by atoms with van der Waals surface area (Å²) >= 11 is 0. The highest BCUT2D eigenvalue weighted by atomic mass is 19.4. The van der Waals surface area contributed by atoms with Crippen LogP contribution in [-0.2, 0) is 11.2 Å². The molecule has 0 aliphatic carbocycles. The maximum atomic E-state index is 12.1. The van der Waals surface area contributed by atoms with Crippen molar-refractivity contribution in [2.75, 3.05) is 18.4 Å². The van der Waals surface area contributed by atoms with Crippen LogP contribution < -0.4 is 15.4 Å². The molecule has 0 spiro atoms. The molecule has 0 aliphatic rings. The number of ether oxygens (including phenoxy) is 1. The second kappa shape index (κ2) is 9.65. The van der Waals surface area contributed by atoms with Crippen LogP contribution in [0.15, 0.2) is 48.7 Å². The molecular weight excluding hydrogens is 347 g/mol. The van der Waals surface area contributed by atoms with Gasteiger partial charge in [-0.15, -0.1) is 13.2 Å². The molecule has 0 aliphatic heterocycles. The Morgan fingerprint density at radius 2 is 1.77 bits per heavy atom. The summed E-state index contributed by atoms with van der Waals surface area (Å²) in [6.07, 6.45) is -1.21. The lowest BCUT2D eigenvalue weighted by atomic mass is 10.1. The highest BCUT2D eigenvalue weighted by molar-refractivity contribution is 5.78. The number of benzene rings is 1. The summed E-state index contributed by atoms with van der Waals surface area (Å²) in [5, 5.41) is 5.97. The van der Waals surface area contributed by atoms with Gasteiger partial charge in [0, 0.05) is 19.3 Å². The van der Waals surface area contributed by atoms with Gasteiger partial charge in [-0.2, -0.15) is 0 Å². The summed E-state index contributed by atoms with van der Waals surface area (Å²) in [5.74, 6) is 0.337. The monoisotopic (exact) mass is 367 g/mol. The molecule has 1 amide bonds. The Morgan fingerprint density at radius 3 is 2.42 bits per heavy atom. The number of nitrogens with zero attached hydrogens (tertiary/aromatic N) is 1. The smallest absolute Gasteiger partial charge is 0.406 e. The van der Waals surface area contributed by atoms with E-state index in [0.29, 0.717) is 12.1 Å². The van der Waals surface area contributed by atoms with E-state index in [-0.39, 0.29) is 18.1 Å². The number of pyridine rings is 1. The summed E-state index contributed by atoms with van der Waals surface area (Å²) in [4.78, 5) is 16.0. The molecule has 0 unspecified atom stereocenters. The van der Waals surface area contributed by atoms with Crippen molar-refractivity contribution >= 4 is 11.7 Å². The first-order valence-corrected chi connectivity index (χ1v) is 8.19. The van der Waals surface area contributed by atoms with Crippen LogP contribution in [0, 0.1) is 0 Å². The quantitative estimate of drug-likeness (QED) is 0.666. The first-order valence-electron chi connectivity index (χ1n) is 8.19. The fourth-order valence-electron chi connectivity index (χ4n) is 2.22. The number of anilines is 1. The predicted molar refractivity (Wildman–Crippen MR) is 91.8 cm³/mol. The Hall–Kier alpha value is -2.77. The van der Waals surface area contributed by atoms with E-state index in [9.17, 15) is 18.0 Å². The number of unbranched alkanes of at least 4 members (excludes halogenated alkanes) is 1. The van der Waals surface area contributed by atoms with Crippen LogP contribution in [0.1, 0.15) is 18.4 Å². The summed E-state index contributed by atoms with van der Waals surface area (Å²) in [7, 11) is 0. The van der Waals surface area contributed by atoms with Gasteiger partial charge in [0.2, 0.25) is 5.91 Å². The van der Waals surface area contributed by atoms with Crippen LogP contribution >= 0.6 is 0 Å². The van der Waals surface area contributed by atoms with Gasteiger partial charge in [-0.05, 0) is 42.7 Å². The van der Waals surface area contributed by atoms with Crippen molar-refractivity contribution in [1.29, 1.82) is 0 Å². The molecule has 5 nitrogen and oxygen atoms in total. The molecule has 26 heavy (non-hydrogen) atoms. The van der Waals surface area contributed by atoms with Crippen molar-refractivity contribution in [3.05, 3.63) is 54.2 Å². The molecule has 1 aromatic carbocycles. The molecule has 0 atom stereocenters. The largest absolute Gasteiger partial charge is 0.573 e. The lowest BCUT2D eigenvalue weighted by Crippen LogP contribution is -2.26. The minimum absolute atomic E-state index is 0.110. The zero-order valence-corrected chi connectivity index (χ0v) is 14.1. The van der Waals surface area contributed by atoms with E-state index in [4.69, 9.17) is 0 Å². The Bertz CT molecular complexity index is 676. The van der Waals surface area contributed by atoms with Gasteiger partial charge in [-0.1, -0.05) is 18.2 Å². The van der Waals surface area contributed by atoms with Crippen LogP contribution in [0.5, 0.6) is 5.75 Å². The van der Waals surface area contributed by atoms with Crippen molar-refractivity contribution in [2.45, 2.75) is 25.6 Å². The highest BCUT2D eigenvalue weighted by Gasteiger charge is 2.30. The molecule has 2 aromatic rings. The van der Waals surface area contributed by atoms with Crippen LogP contribution in [0.4, 0.5) is 19.0 Å².